The van der Waals surface area contributed by atoms with Crippen LogP contribution < -0.4 is 0 Å². The molecule has 1 heterocycles. The van der Waals surface area contributed by atoms with Crippen LogP contribution in [0, 0.1) is 4.77 Å². The normalized spacial score (nSPS) is 13.3. The largest absolute Gasteiger partial charge is 0.382 e. The van der Waals surface area contributed by atoms with E-state index >= 15 is 0 Å². The number of aliphatic hydroxyl groups is 1. The first kappa shape index (κ1) is 11.4. The van der Waals surface area contributed by atoms with E-state index in [0.29, 0.717) is 10.6 Å². The van der Waals surface area contributed by atoms with Gasteiger partial charge in [-0.05, 0) is 46.8 Å². The van der Waals surface area contributed by atoms with Crippen LogP contribution in [0.4, 0.5) is 0 Å². The molecule has 0 spiro atoms. The second kappa shape index (κ2) is 3.17. The highest BCUT2D eigenvalue weighted by molar-refractivity contribution is 7.71. The van der Waals surface area contributed by atoms with Gasteiger partial charge in [-0.1, -0.05) is 0 Å². The van der Waals surface area contributed by atoms with Gasteiger partial charge in [-0.25, -0.2) is 0 Å². The monoisotopic (exact) mass is 215 g/mol. The van der Waals surface area contributed by atoms with Gasteiger partial charge in [0.15, 0.2) is 10.6 Å². The van der Waals surface area contributed by atoms with Gasteiger partial charge in [-0.15, -0.1) is 0 Å². The van der Waals surface area contributed by atoms with Crippen molar-refractivity contribution < 1.29 is 5.11 Å². The molecule has 1 aromatic rings. The lowest BCUT2D eigenvalue weighted by Crippen LogP contribution is -2.31. The maximum absolute atomic E-state index is 9.90. The number of nitrogens with one attached hydrogen (secondary N) is 1. The summed E-state index contributed by atoms with van der Waals surface area (Å²) in [6.07, 6.45) is 0. The lowest BCUT2D eigenvalue weighted by Gasteiger charge is -2.26. The summed E-state index contributed by atoms with van der Waals surface area (Å²) in [6.45, 7) is 9.45. The van der Waals surface area contributed by atoms with Gasteiger partial charge in [0.25, 0.3) is 0 Å². The number of hydrogen-bond donors (Lipinski definition) is 2. The Morgan fingerprint density at radius 1 is 1.29 bits per heavy atom. The minimum absolute atomic E-state index is 0.181. The van der Waals surface area contributed by atoms with E-state index in [-0.39, 0.29) is 5.54 Å². The maximum atomic E-state index is 9.90. The standard InChI is InChI=1S/C9H17N3OS/c1-8(2,3)12-6(9(4,5)13)10-11-7(12)14/h13H,1-5H3,(H,11,14). The minimum Gasteiger partial charge on any atom is -0.382 e. The fraction of sp³-hybridized carbons (Fsp3) is 0.778. The van der Waals surface area contributed by atoms with Gasteiger partial charge in [-0.3, -0.25) is 9.67 Å². The van der Waals surface area contributed by atoms with Crippen LogP contribution in [-0.2, 0) is 11.1 Å². The van der Waals surface area contributed by atoms with Gasteiger partial charge in [-0.2, -0.15) is 5.10 Å². The molecule has 2 N–H and O–H groups in total. The Kier molecular flexibility index (Phi) is 2.58. The van der Waals surface area contributed by atoms with Gasteiger partial charge in [0.2, 0.25) is 0 Å². The van der Waals surface area contributed by atoms with E-state index in [0.717, 1.165) is 0 Å². The fourth-order valence-corrected chi connectivity index (χ4v) is 1.74. The molecule has 0 atom stereocenters. The molecule has 4 nitrogen and oxygen atoms in total. The second-order valence-electron chi connectivity index (χ2n) is 4.92. The van der Waals surface area contributed by atoms with E-state index in [1.165, 1.54) is 0 Å². The minimum atomic E-state index is -0.985. The van der Waals surface area contributed by atoms with E-state index in [1.54, 1.807) is 13.8 Å². The summed E-state index contributed by atoms with van der Waals surface area (Å²) in [5.74, 6) is 0.565. The average Bonchev–Trinajstić information content (AvgIpc) is 2.27. The number of rotatable bonds is 1. The molecule has 0 aliphatic rings. The van der Waals surface area contributed by atoms with E-state index in [9.17, 15) is 5.11 Å². The molecular weight excluding hydrogens is 198 g/mol. The highest BCUT2D eigenvalue weighted by Crippen LogP contribution is 2.24. The summed E-state index contributed by atoms with van der Waals surface area (Å²) in [4.78, 5) is 0. The smallest absolute Gasteiger partial charge is 0.195 e. The van der Waals surface area contributed by atoms with Crippen LogP contribution in [0.5, 0.6) is 0 Å². The third-order valence-corrected chi connectivity index (χ3v) is 2.16. The fourth-order valence-electron chi connectivity index (χ4n) is 1.33. The van der Waals surface area contributed by atoms with Crippen molar-refractivity contribution in [2.75, 3.05) is 0 Å². The van der Waals surface area contributed by atoms with Crippen molar-refractivity contribution in [3.63, 3.8) is 0 Å². The Hall–Kier alpha value is -0.680. The number of aromatic amines is 1. The van der Waals surface area contributed by atoms with Crippen LogP contribution >= 0.6 is 12.2 Å². The third kappa shape index (κ3) is 2.04. The zero-order valence-electron chi connectivity index (χ0n) is 9.25. The first-order valence-electron chi connectivity index (χ1n) is 4.55. The summed E-state index contributed by atoms with van der Waals surface area (Å²) < 4.78 is 2.37. The molecule has 0 amide bonds. The van der Waals surface area contributed by atoms with Crippen LogP contribution in [-0.4, -0.2) is 19.9 Å². The molecule has 0 fully saturated rings. The van der Waals surface area contributed by atoms with Crippen molar-refractivity contribution in [1.29, 1.82) is 0 Å². The van der Waals surface area contributed by atoms with Gasteiger partial charge >= 0.3 is 0 Å². The maximum Gasteiger partial charge on any atom is 0.195 e. The molecule has 0 aliphatic heterocycles. The lowest BCUT2D eigenvalue weighted by molar-refractivity contribution is 0.0595. The van der Waals surface area contributed by atoms with E-state index in [4.69, 9.17) is 12.2 Å². The van der Waals surface area contributed by atoms with Gasteiger partial charge in [0, 0.05) is 5.54 Å². The second-order valence-corrected chi connectivity index (χ2v) is 5.30. The zero-order chi connectivity index (χ0) is 11.1. The topological polar surface area (TPSA) is 53.8 Å². The summed E-state index contributed by atoms with van der Waals surface area (Å²) in [6, 6.07) is 0. The molecule has 80 valence electrons. The third-order valence-electron chi connectivity index (χ3n) is 1.89. The Morgan fingerprint density at radius 3 is 2.07 bits per heavy atom. The molecule has 1 aromatic heterocycles. The Morgan fingerprint density at radius 2 is 1.79 bits per heavy atom. The number of nitrogens with zero attached hydrogens (tertiary/aromatic N) is 2. The summed E-state index contributed by atoms with van der Waals surface area (Å²) in [5.41, 5.74) is -1.17. The predicted molar refractivity (Wildman–Crippen MR) is 57.7 cm³/mol. The summed E-state index contributed by atoms with van der Waals surface area (Å²) in [5, 5.41) is 16.7. The van der Waals surface area contributed by atoms with Crippen molar-refractivity contribution >= 4 is 12.2 Å². The Labute approximate surface area is 89.0 Å². The van der Waals surface area contributed by atoms with Crippen LogP contribution in [0.1, 0.15) is 40.4 Å². The van der Waals surface area contributed by atoms with Crippen molar-refractivity contribution in [1.82, 2.24) is 14.8 Å². The molecule has 0 bridgehead atoms. The van der Waals surface area contributed by atoms with Crippen LogP contribution in [0.3, 0.4) is 0 Å². The highest BCUT2D eigenvalue weighted by Gasteiger charge is 2.28. The Balaban J connectivity index is 3.43. The predicted octanol–water partition coefficient (Wildman–Crippen LogP) is 1.92. The first-order valence-corrected chi connectivity index (χ1v) is 4.95. The quantitative estimate of drug-likeness (QED) is 0.704. The number of aromatic nitrogens is 3. The van der Waals surface area contributed by atoms with Crippen molar-refractivity contribution in [2.45, 2.75) is 45.8 Å². The summed E-state index contributed by atoms with van der Waals surface area (Å²) >= 11 is 5.12. The molecule has 0 saturated carbocycles. The number of hydrogen-bond acceptors (Lipinski definition) is 3. The lowest BCUT2D eigenvalue weighted by atomic mass is 10.0. The van der Waals surface area contributed by atoms with E-state index < -0.39 is 5.60 Å². The van der Waals surface area contributed by atoms with Crippen LogP contribution in [0.15, 0.2) is 0 Å². The van der Waals surface area contributed by atoms with Crippen molar-refractivity contribution in [2.24, 2.45) is 0 Å². The SMILES string of the molecule is CC(C)(O)c1n[nH]c(=S)n1C(C)(C)C. The number of H-pyrrole nitrogens is 1. The summed E-state index contributed by atoms with van der Waals surface area (Å²) in [7, 11) is 0. The molecule has 1 rings (SSSR count). The molecule has 5 heteroatoms. The van der Waals surface area contributed by atoms with E-state index in [1.807, 2.05) is 25.3 Å². The zero-order valence-corrected chi connectivity index (χ0v) is 10.1. The van der Waals surface area contributed by atoms with Gasteiger partial charge in [0.05, 0.1) is 0 Å². The molecule has 14 heavy (non-hydrogen) atoms. The molecule has 0 unspecified atom stereocenters. The molecular formula is C9H17N3OS. The van der Waals surface area contributed by atoms with E-state index in [2.05, 4.69) is 10.2 Å². The van der Waals surface area contributed by atoms with Crippen LogP contribution in [0.25, 0.3) is 0 Å². The van der Waals surface area contributed by atoms with Crippen molar-refractivity contribution in [3.05, 3.63) is 10.6 Å². The molecule has 0 aromatic carbocycles. The molecule has 0 aliphatic carbocycles. The van der Waals surface area contributed by atoms with Gasteiger partial charge in [0.1, 0.15) is 5.60 Å². The Bertz CT molecular complexity index is 378. The average molecular weight is 215 g/mol. The molecule has 0 saturated heterocycles. The van der Waals surface area contributed by atoms with Crippen molar-refractivity contribution in [3.8, 4) is 0 Å². The molecule has 0 radical (unpaired) electrons. The van der Waals surface area contributed by atoms with Crippen LogP contribution in [0.2, 0.25) is 0 Å². The first-order chi connectivity index (χ1) is 6.14. The van der Waals surface area contributed by atoms with Gasteiger partial charge < -0.3 is 5.11 Å². The highest BCUT2D eigenvalue weighted by atomic mass is 32.1.